The fourth-order valence-electron chi connectivity index (χ4n) is 2.75. The topological polar surface area (TPSA) is 72.7 Å². The van der Waals surface area contributed by atoms with Gasteiger partial charge in [0.15, 0.2) is 5.69 Å². The lowest BCUT2D eigenvalue weighted by Crippen LogP contribution is -2.33. The van der Waals surface area contributed by atoms with Crippen molar-refractivity contribution in [3.05, 3.63) is 28.3 Å². The Labute approximate surface area is 140 Å². The fourth-order valence-corrected chi connectivity index (χ4v) is 3.41. The molecule has 2 aromatic heterocycles. The zero-order valence-electron chi connectivity index (χ0n) is 12.9. The van der Waals surface area contributed by atoms with Crippen molar-refractivity contribution < 1.29 is 18.0 Å². The van der Waals surface area contributed by atoms with Gasteiger partial charge < -0.3 is 9.88 Å². The molecule has 1 N–H and O–H groups in total. The quantitative estimate of drug-likeness (QED) is 0.909. The molecule has 0 bridgehead atoms. The number of aromatic nitrogens is 4. The predicted molar refractivity (Wildman–Crippen MR) is 80.7 cm³/mol. The largest absolute Gasteiger partial charge is 0.434 e. The maximum Gasteiger partial charge on any atom is 0.434 e. The molecule has 1 aliphatic heterocycles. The predicted octanol–water partition coefficient (Wildman–Crippen LogP) is 2.31. The molecule has 130 valence electrons. The summed E-state index contributed by atoms with van der Waals surface area (Å²) in [6, 6.07) is 0. The second-order valence-corrected chi connectivity index (χ2v) is 6.46. The molecular weight excluding hydrogens is 343 g/mol. The maximum atomic E-state index is 12.7. The molecule has 0 fully saturated rings. The van der Waals surface area contributed by atoms with Gasteiger partial charge in [-0.25, -0.2) is 4.98 Å². The van der Waals surface area contributed by atoms with Gasteiger partial charge in [-0.05, 0) is 30.3 Å². The zero-order valence-corrected chi connectivity index (χ0v) is 13.7. The van der Waals surface area contributed by atoms with Crippen LogP contribution >= 0.6 is 11.5 Å². The Hall–Kier alpha value is -1.97. The maximum absolute atomic E-state index is 12.7. The number of nitrogens with one attached hydrogen (secondary N) is 1. The molecule has 1 aliphatic rings. The van der Waals surface area contributed by atoms with Gasteiger partial charge in [0, 0.05) is 25.7 Å². The van der Waals surface area contributed by atoms with Gasteiger partial charge >= 0.3 is 6.18 Å². The van der Waals surface area contributed by atoms with Gasteiger partial charge in [0.1, 0.15) is 10.7 Å². The van der Waals surface area contributed by atoms with Crippen LogP contribution in [0.5, 0.6) is 0 Å². The van der Waals surface area contributed by atoms with Crippen molar-refractivity contribution in [2.75, 3.05) is 6.54 Å². The number of fused-ring (bicyclic) bond motifs is 1. The van der Waals surface area contributed by atoms with E-state index in [4.69, 9.17) is 0 Å². The first-order valence-corrected chi connectivity index (χ1v) is 8.38. The lowest BCUT2D eigenvalue weighted by atomic mass is 9.99. The van der Waals surface area contributed by atoms with Gasteiger partial charge in [0.25, 0.3) is 5.91 Å². The molecule has 1 amide bonds. The number of aryl methyl sites for hydroxylation is 2. The molecular formula is C14H16F3N5OS. The minimum Gasteiger partial charge on any atom is -0.351 e. The van der Waals surface area contributed by atoms with Crippen LogP contribution in [-0.4, -0.2) is 31.6 Å². The number of rotatable bonds is 4. The van der Waals surface area contributed by atoms with Crippen LogP contribution in [0.4, 0.5) is 13.2 Å². The van der Waals surface area contributed by atoms with Crippen LogP contribution in [0.25, 0.3) is 0 Å². The van der Waals surface area contributed by atoms with E-state index in [0.717, 1.165) is 17.7 Å². The molecule has 3 heterocycles. The molecule has 0 radical (unpaired) electrons. The number of carbonyl (C=O) groups is 1. The third kappa shape index (κ3) is 3.42. The Balaban J connectivity index is 1.60. The van der Waals surface area contributed by atoms with Crippen LogP contribution in [0.15, 0.2) is 6.20 Å². The van der Waals surface area contributed by atoms with Crippen molar-refractivity contribution in [1.29, 1.82) is 0 Å². The van der Waals surface area contributed by atoms with Crippen molar-refractivity contribution in [2.45, 2.75) is 38.9 Å². The van der Waals surface area contributed by atoms with E-state index in [2.05, 4.69) is 19.9 Å². The van der Waals surface area contributed by atoms with E-state index in [1.165, 1.54) is 4.57 Å². The zero-order chi connectivity index (χ0) is 17.3. The molecule has 0 aromatic carbocycles. The summed E-state index contributed by atoms with van der Waals surface area (Å²) >= 11 is 1.05. The normalized spacial score (nSPS) is 17.6. The molecule has 0 aliphatic carbocycles. The Morgan fingerprint density at radius 3 is 3.00 bits per heavy atom. The first kappa shape index (κ1) is 16.9. The summed E-state index contributed by atoms with van der Waals surface area (Å²) in [6.45, 7) is 2.71. The van der Waals surface area contributed by atoms with Crippen LogP contribution in [0.1, 0.15) is 40.2 Å². The van der Waals surface area contributed by atoms with E-state index in [9.17, 15) is 18.0 Å². The van der Waals surface area contributed by atoms with Gasteiger partial charge in [-0.2, -0.15) is 13.2 Å². The molecule has 0 unspecified atom stereocenters. The van der Waals surface area contributed by atoms with E-state index < -0.39 is 11.9 Å². The second-order valence-electron chi connectivity index (χ2n) is 5.71. The van der Waals surface area contributed by atoms with E-state index in [-0.39, 0.29) is 11.8 Å². The van der Waals surface area contributed by atoms with Crippen molar-refractivity contribution in [3.8, 4) is 0 Å². The minimum absolute atomic E-state index is 0.0719. The molecule has 6 nitrogen and oxygen atoms in total. The highest BCUT2D eigenvalue weighted by molar-refractivity contribution is 7.08. The van der Waals surface area contributed by atoms with Crippen LogP contribution in [0.2, 0.25) is 0 Å². The van der Waals surface area contributed by atoms with Crippen molar-refractivity contribution in [3.63, 3.8) is 0 Å². The number of carbonyl (C=O) groups excluding carboxylic acids is 1. The van der Waals surface area contributed by atoms with Crippen LogP contribution in [0, 0.1) is 5.92 Å². The average molecular weight is 359 g/mol. The molecule has 1 atom stereocenters. The number of alkyl halides is 3. The van der Waals surface area contributed by atoms with Gasteiger partial charge in [-0.3, -0.25) is 4.79 Å². The number of imidazole rings is 1. The third-order valence-electron chi connectivity index (χ3n) is 4.03. The summed E-state index contributed by atoms with van der Waals surface area (Å²) in [6.07, 6.45) is -1.59. The van der Waals surface area contributed by atoms with E-state index >= 15 is 0 Å². The SMILES string of the molecule is CCc1nnsc1C(=O)NC[C@@H]1CCc2nc(C(F)(F)F)cn2C1. The minimum atomic E-state index is -4.43. The highest BCUT2D eigenvalue weighted by Gasteiger charge is 2.35. The Bertz CT molecular complexity index is 739. The monoisotopic (exact) mass is 359 g/mol. The smallest absolute Gasteiger partial charge is 0.351 e. The highest BCUT2D eigenvalue weighted by atomic mass is 32.1. The summed E-state index contributed by atoms with van der Waals surface area (Å²) < 4.78 is 43.4. The molecule has 0 saturated heterocycles. The van der Waals surface area contributed by atoms with Gasteiger partial charge in [0.05, 0.1) is 5.69 Å². The lowest BCUT2D eigenvalue weighted by Gasteiger charge is -2.23. The van der Waals surface area contributed by atoms with Crippen molar-refractivity contribution in [2.24, 2.45) is 5.92 Å². The van der Waals surface area contributed by atoms with Crippen LogP contribution in [0.3, 0.4) is 0 Å². The van der Waals surface area contributed by atoms with Gasteiger partial charge in [-0.15, -0.1) is 5.10 Å². The summed E-state index contributed by atoms with van der Waals surface area (Å²) in [5, 5.41) is 6.73. The number of halogens is 3. The molecule has 2 aromatic rings. The molecule has 0 spiro atoms. The summed E-state index contributed by atoms with van der Waals surface area (Å²) in [4.78, 5) is 16.3. The van der Waals surface area contributed by atoms with Crippen LogP contribution < -0.4 is 5.32 Å². The van der Waals surface area contributed by atoms with E-state index in [0.29, 0.717) is 48.7 Å². The Morgan fingerprint density at radius 2 is 2.29 bits per heavy atom. The number of hydrogen-bond acceptors (Lipinski definition) is 5. The van der Waals surface area contributed by atoms with Crippen LogP contribution in [-0.2, 0) is 25.6 Å². The van der Waals surface area contributed by atoms with Crippen molar-refractivity contribution in [1.82, 2.24) is 24.5 Å². The summed E-state index contributed by atoms with van der Waals surface area (Å²) in [5.41, 5.74) is -0.196. The second kappa shape index (κ2) is 6.50. The number of nitrogens with zero attached hydrogens (tertiary/aromatic N) is 4. The standard InChI is InChI=1S/C14H16F3N5OS/c1-2-9-12(24-21-20-9)13(23)18-5-8-3-4-11-19-10(14(15,16)17)7-22(11)6-8/h7-8H,2-6H2,1H3,(H,18,23)/t8-/m0/s1. The van der Waals surface area contributed by atoms with Gasteiger partial charge in [0.2, 0.25) is 0 Å². The Morgan fingerprint density at radius 1 is 1.50 bits per heavy atom. The van der Waals surface area contributed by atoms with E-state index in [1.807, 2.05) is 6.92 Å². The number of amides is 1. The van der Waals surface area contributed by atoms with Gasteiger partial charge in [-0.1, -0.05) is 11.4 Å². The first-order chi connectivity index (χ1) is 11.4. The van der Waals surface area contributed by atoms with E-state index in [1.54, 1.807) is 0 Å². The third-order valence-corrected chi connectivity index (χ3v) is 4.80. The fraction of sp³-hybridized carbons (Fsp3) is 0.571. The lowest BCUT2D eigenvalue weighted by molar-refractivity contribution is -0.141. The molecule has 10 heteroatoms. The summed E-state index contributed by atoms with van der Waals surface area (Å²) in [5.74, 6) is 0.293. The highest BCUT2D eigenvalue weighted by Crippen LogP contribution is 2.30. The van der Waals surface area contributed by atoms with Crippen molar-refractivity contribution >= 4 is 17.4 Å². The molecule has 24 heavy (non-hydrogen) atoms. The molecule has 0 saturated carbocycles. The number of hydrogen-bond donors (Lipinski definition) is 1. The average Bonchev–Trinajstić information content (AvgIpc) is 3.17. The Kier molecular flexibility index (Phi) is 4.57. The summed E-state index contributed by atoms with van der Waals surface area (Å²) in [7, 11) is 0. The molecule has 3 rings (SSSR count). The first-order valence-electron chi connectivity index (χ1n) is 7.61.